The van der Waals surface area contributed by atoms with Crippen molar-refractivity contribution in [2.75, 3.05) is 52.0 Å². The minimum atomic E-state index is -0.390. The van der Waals surface area contributed by atoms with Crippen LogP contribution in [0.3, 0.4) is 0 Å². The molecule has 0 unspecified atom stereocenters. The Bertz CT molecular complexity index is 1090. The summed E-state index contributed by atoms with van der Waals surface area (Å²) >= 11 is 0. The Morgan fingerprint density at radius 1 is 1.12 bits per heavy atom. The van der Waals surface area contributed by atoms with E-state index in [9.17, 15) is 4.79 Å². The molecule has 0 aromatic heterocycles. The van der Waals surface area contributed by atoms with Crippen molar-refractivity contribution in [1.29, 1.82) is 0 Å². The fraction of sp³-hybridized carbons (Fsp3) is 0.606. The first-order chi connectivity index (χ1) is 19.3. The number of carbonyl (C=O) groups is 1. The molecule has 1 aliphatic carbocycles. The van der Waals surface area contributed by atoms with Gasteiger partial charge in [0.05, 0.1) is 32.1 Å². The van der Waals surface area contributed by atoms with Gasteiger partial charge in [-0.1, -0.05) is 32.0 Å². The topological polar surface area (TPSA) is 69.3 Å². The number of fused-ring (bicyclic) bond motifs is 1. The molecule has 1 heterocycles. The highest BCUT2D eigenvalue weighted by molar-refractivity contribution is 5.81. The number of hydrogen-bond acceptors (Lipinski definition) is 6. The third-order valence-electron chi connectivity index (χ3n) is 8.41. The molecule has 2 aromatic rings. The molecule has 220 valence electrons. The average molecular weight is 553 g/mol. The van der Waals surface area contributed by atoms with Gasteiger partial charge in [0, 0.05) is 38.1 Å². The molecule has 3 atom stereocenters. The predicted molar refractivity (Wildman–Crippen MR) is 159 cm³/mol. The second kappa shape index (κ2) is 14.2. The zero-order valence-electron chi connectivity index (χ0n) is 25.0. The summed E-state index contributed by atoms with van der Waals surface area (Å²) < 4.78 is 23.3. The number of anilines is 1. The maximum atomic E-state index is 12.7. The van der Waals surface area contributed by atoms with Gasteiger partial charge in [-0.25, -0.2) is 0 Å². The smallest absolute Gasteiger partial charge is 0.225 e. The Morgan fingerprint density at radius 2 is 1.93 bits per heavy atom. The lowest BCUT2D eigenvalue weighted by Gasteiger charge is -2.39. The maximum absolute atomic E-state index is 12.7. The first-order valence-electron chi connectivity index (χ1n) is 14.9. The Balaban J connectivity index is 1.46. The minimum Gasteiger partial charge on any atom is -0.497 e. The zero-order valence-corrected chi connectivity index (χ0v) is 25.0. The Morgan fingerprint density at radius 3 is 2.65 bits per heavy atom. The van der Waals surface area contributed by atoms with Gasteiger partial charge in [0.15, 0.2) is 0 Å². The van der Waals surface area contributed by atoms with Gasteiger partial charge in [-0.15, -0.1) is 0 Å². The number of ether oxygens (including phenoxy) is 4. The highest BCUT2D eigenvalue weighted by atomic mass is 16.5. The quantitative estimate of drug-likeness (QED) is 0.310. The number of nitrogens with zero attached hydrogens (tertiary/aromatic N) is 1. The van der Waals surface area contributed by atoms with Crippen LogP contribution in [0, 0.1) is 11.3 Å². The van der Waals surface area contributed by atoms with Crippen LogP contribution in [0.25, 0.3) is 0 Å². The van der Waals surface area contributed by atoms with Gasteiger partial charge in [0.1, 0.15) is 18.1 Å². The fourth-order valence-corrected chi connectivity index (χ4v) is 6.27. The standard InChI is InChI=1S/C33H48N2O5/c1-6-34-32(36)33(2,3)22-24-8-14-30(28(20-24)26-10-12-27(38-5)13-11-26)40-23-25-9-15-31-29(21-25)35(17-19-39-31)16-7-18-37-4/h9-13,15,21,24,28,30H,6-8,14,16-20,22-23H2,1-5H3,(H,34,36)/t24-,28+,30-/m0/s1. The summed E-state index contributed by atoms with van der Waals surface area (Å²) in [7, 11) is 3.45. The highest BCUT2D eigenvalue weighted by Crippen LogP contribution is 2.43. The molecule has 7 heteroatoms. The van der Waals surface area contributed by atoms with E-state index in [1.54, 1.807) is 14.2 Å². The number of carbonyl (C=O) groups excluding carboxylic acids is 1. The number of rotatable bonds is 13. The average Bonchev–Trinajstić information content (AvgIpc) is 2.96. The molecule has 1 saturated carbocycles. The van der Waals surface area contributed by atoms with Crippen LogP contribution in [0.1, 0.15) is 69.9 Å². The van der Waals surface area contributed by atoms with E-state index in [0.29, 0.717) is 25.7 Å². The summed E-state index contributed by atoms with van der Waals surface area (Å²) in [5.41, 5.74) is 3.19. The predicted octanol–water partition coefficient (Wildman–Crippen LogP) is 5.95. The van der Waals surface area contributed by atoms with Crippen molar-refractivity contribution in [2.24, 2.45) is 11.3 Å². The number of methoxy groups -OCH3 is 2. The van der Waals surface area contributed by atoms with Crippen LogP contribution in [0.4, 0.5) is 5.69 Å². The van der Waals surface area contributed by atoms with E-state index in [4.69, 9.17) is 18.9 Å². The molecule has 1 N–H and O–H groups in total. The monoisotopic (exact) mass is 552 g/mol. The summed E-state index contributed by atoms with van der Waals surface area (Å²) in [4.78, 5) is 15.1. The summed E-state index contributed by atoms with van der Waals surface area (Å²) in [5.74, 6) is 2.67. The number of nitrogens with one attached hydrogen (secondary N) is 1. The van der Waals surface area contributed by atoms with E-state index < -0.39 is 0 Å². The lowest BCUT2D eigenvalue weighted by Crippen LogP contribution is -2.39. The van der Waals surface area contributed by atoms with Gasteiger partial charge in [0.25, 0.3) is 0 Å². The minimum absolute atomic E-state index is 0.113. The Labute approximate surface area is 240 Å². The van der Waals surface area contributed by atoms with Crippen LogP contribution in [-0.2, 0) is 20.9 Å². The molecule has 0 spiro atoms. The van der Waals surface area contributed by atoms with Gasteiger partial charge < -0.3 is 29.2 Å². The molecule has 1 fully saturated rings. The van der Waals surface area contributed by atoms with Gasteiger partial charge in [0.2, 0.25) is 5.91 Å². The van der Waals surface area contributed by atoms with Gasteiger partial charge in [-0.05, 0) is 80.3 Å². The summed E-state index contributed by atoms with van der Waals surface area (Å²) in [5, 5.41) is 3.02. The van der Waals surface area contributed by atoms with Crippen LogP contribution in [0.15, 0.2) is 42.5 Å². The van der Waals surface area contributed by atoms with Crippen molar-refractivity contribution < 1.29 is 23.7 Å². The summed E-state index contributed by atoms with van der Waals surface area (Å²) in [6.45, 7) is 10.6. The fourth-order valence-electron chi connectivity index (χ4n) is 6.27. The van der Waals surface area contributed by atoms with Crippen LogP contribution in [-0.4, -0.2) is 59.1 Å². The molecule has 1 aliphatic heterocycles. The van der Waals surface area contributed by atoms with Crippen LogP contribution in [0.5, 0.6) is 11.5 Å². The van der Waals surface area contributed by atoms with Crippen molar-refractivity contribution in [3.8, 4) is 11.5 Å². The van der Waals surface area contributed by atoms with Crippen molar-refractivity contribution >= 4 is 11.6 Å². The lowest BCUT2D eigenvalue weighted by molar-refractivity contribution is -0.130. The van der Waals surface area contributed by atoms with E-state index in [1.807, 2.05) is 19.1 Å². The first kappa shape index (κ1) is 30.2. The highest BCUT2D eigenvalue weighted by Gasteiger charge is 2.37. The molecule has 2 aliphatic rings. The SMILES string of the molecule is CCNC(=O)C(C)(C)C[C@H]1CC[C@H](OCc2ccc3c(c2)N(CCCOC)CCO3)[C@@H](c2ccc(OC)cc2)C1. The second-order valence-electron chi connectivity index (χ2n) is 11.8. The zero-order chi connectivity index (χ0) is 28.5. The largest absolute Gasteiger partial charge is 0.497 e. The van der Waals surface area contributed by atoms with Gasteiger partial charge >= 0.3 is 0 Å². The first-order valence-corrected chi connectivity index (χ1v) is 14.9. The molecule has 40 heavy (non-hydrogen) atoms. The number of benzene rings is 2. The summed E-state index contributed by atoms with van der Waals surface area (Å²) in [6, 6.07) is 14.9. The molecule has 2 aromatic carbocycles. The summed E-state index contributed by atoms with van der Waals surface area (Å²) in [6.07, 6.45) is 5.02. The lowest BCUT2D eigenvalue weighted by atomic mass is 9.70. The van der Waals surface area contributed by atoms with Crippen LogP contribution < -0.4 is 19.7 Å². The molecular formula is C33H48N2O5. The molecule has 1 amide bonds. The third-order valence-corrected chi connectivity index (χ3v) is 8.41. The molecule has 4 rings (SSSR count). The molecule has 7 nitrogen and oxygen atoms in total. The van der Waals surface area contributed by atoms with E-state index in [0.717, 1.165) is 74.6 Å². The molecule has 0 bridgehead atoms. The second-order valence-corrected chi connectivity index (χ2v) is 11.8. The molecule has 0 radical (unpaired) electrons. The Hall–Kier alpha value is -2.77. The van der Waals surface area contributed by atoms with Crippen molar-refractivity contribution in [3.63, 3.8) is 0 Å². The number of amides is 1. The van der Waals surface area contributed by atoms with E-state index >= 15 is 0 Å². The van der Waals surface area contributed by atoms with Crippen LogP contribution in [0.2, 0.25) is 0 Å². The molecular weight excluding hydrogens is 504 g/mol. The van der Waals surface area contributed by atoms with Gasteiger partial charge in [-0.3, -0.25) is 4.79 Å². The van der Waals surface area contributed by atoms with Gasteiger partial charge in [-0.2, -0.15) is 0 Å². The maximum Gasteiger partial charge on any atom is 0.225 e. The van der Waals surface area contributed by atoms with E-state index in [-0.39, 0.29) is 23.3 Å². The van der Waals surface area contributed by atoms with Crippen molar-refractivity contribution in [1.82, 2.24) is 5.32 Å². The van der Waals surface area contributed by atoms with Crippen molar-refractivity contribution in [2.45, 2.75) is 71.5 Å². The van der Waals surface area contributed by atoms with E-state index in [1.165, 1.54) is 5.56 Å². The van der Waals surface area contributed by atoms with E-state index in [2.05, 4.69) is 54.4 Å². The third kappa shape index (κ3) is 7.70. The Kier molecular flexibility index (Phi) is 10.7. The molecule has 0 saturated heterocycles. The van der Waals surface area contributed by atoms with Crippen LogP contribution >= 0.6 is 0 Å². The normalized spacial score (nSPS) is 20.9. The number of hydrogen-bond donors (Lipinski definition) is 1. The van der Waals surface area contributed by atoms with Crippen molar-refractivity contribution in [3.05, 3.63) is 53.6 Å².